The number of nitrogens with one attached hydrogen (secondary N) is 1. The van der Waals surface area contributed by atoms with E-state index in [0.29, 0.717) is 10.0 Å². The van der Waals surface area contributed by atoms with E-state index in [2.05, 4.69) is 43.4 Å². The Morgan fingerprint density at radius 2 is 1.65 bits per heavy atom. The summed E-state index contributed by atoms with van der Waals surface area (Å²) in [5.41, 5.74) is 2.45. The molecule has 2 aromatic carbocycles. The standard InChI is InChI=1S/C17H19Cl2N/c1-3-17(14-9-10-15(18)16(19)11-14)20-12(2)13-7-5-4-6-8-13/h4-12,17,20H,3H2,1-2H3. The van der Waals surface area contributed by atoms with Crippen LogP contribution in [0.4, 0.5) is 0 Å². The van der Waals surface area contributed by atoms with Crippen LogP contribution in [-0.4, -0.2) is 0 Å². The highest BCUT2D eigenvalue weighted by molar-refractivity contribution is 6.42. The summed E-state index contributed by atoms with van der Waals surface area (Å²) in [6.45, 7) is 4.34. The Balaban J connectivity index is 2.14. The van der Waals surface area contributed by atoms with E-state index in [9.17, 15) is 0 Å². The summed E-state index contributed by atoms with van der Waals surface area (Å²) in [5, 5.41) is 4.85. The molecule has 0 aromatic heterocycles. The maximum atomic E-state index is 6.11. The molecule has 2 aromatic rings. The van der Waals surface area contributed by atoms with Crippen LogP contribution in [0.15, 0.2) is 48.5 Å². The summed E-state index contributed by atoms with van der Waals surface area (Å²) >= 11 is 12.1. The average molecular weight is 308 g/mol. The smallest absolute Gasteiger partial charge is 0.0595 e. The summed E-state index contributed by atoms with van der Waals surface area (Å²) in [7, 11) is 0. The molecule has 0 bridgehead atoms. The van der Waals surface area contributed by atoms with Crippen LogP contribution in [0, 0.1) is 0 Å². The van der Waals surface area contributed by atoms with Gasteiger partial charge in [0.2, 0.25) is 0 Å². The third-order valence-electron chi connectivity index (χ3n) is 3.51. The second-order valence-electron chi connectivity index (χ2n) is 4.93. The number of hydrogen-bond donors (Lipinski definition) is 1. The van der Waals surface area contributed by atoms with Crippen molar-refractivity contribution in [3.63, 3.8) is 0 Å². The molecule has 0 aliphatic heterocycles. The summed E-state index contributed by atoms with van der Waals surface area (Å²) in [6.07, 6.45) is 0.995. The zero-order chi connectivity index (χ0) is 14.5. The highest BCUT2D eigenvalue weighted by Gasteiger charge is 2.14. The van der Waals surface area contributed by atoms with E-state index >= 15 is 0 Å². The molecular formula is C17H19Cl2N. The van der Waals surface area contributed by atoms with Gasteiger partial charge in [-0.3, -0.25) is 0 Å². The van der Waals surface area contributed by atoms with E-state index < -0.39 is 0 Å². The van der Waals surface area contributed by atoms with Gasteiger partial charge in [0.05, 0.1) is 10.0 Å². The summed E-state index contributed by atoms with van der Waals surface area (Å²) in [5.74, 6) is 0. The number of halogens is 2. The first-order valence-electron chi connectivity index (χ1n) is 6.87. The van der Waals surface area contributed by atoms with E-state index in [1.165, 1.54) is 11.1 Å². The molecule has 2 atom stereocenters. The van der Waals surface area contributed by atoms with Gasteiger partial charge in [-0.15, -0.1) is 0 Å². The number of hydrogen-bond acceptors (Lipinski definition) is 1. The zero-order valence-electron chi connectivity index (χ0n) is 11.7. The molecule has 0 spiro atoms. The van der Waals surface area contributed by atoms with Gasteiger partial charge in [-0.1, -0.05) is 66.5 Å². The van der Waals surface area contributed by atoms with Gasteiger partial charge in [0, 0.05) is 12.1 Å². The van der Waals surface area contributed by atoms with Crippen LogP contribution < -0.4 is 5.32 Å². The third-order valence-corrected chi connectivity index (χ3v) is 4.24. The first-order valence-corrected chi connectivity index (χ1v) is 7.63. The average Bonchev–Trinajstić information content (AvgIpc) is 2.48. The largest absolute Gasteiger partial charge is 0.303 e. The molecule has 1 nitrogen and oxygen atoms in total. The van der Waals surface area contributed by atoms with Crippen LogP contribution in [0.2, 0.25) is 10.0 Å². The highest BCUT2D eigenvalue weighted by atomic mass is 35.5. The Labute approximate surface area is 130 Å². The Morgan fingerprint density at radius 3 is 2.25 bits per heavy atom. The predicted molar refractivity (Wildman–Crippen MR) is 87.5 cm³/mol. The molecule has 0 aliphatic carbocycles. The molecule has 20 heavy (non-hydrogen) atoms. The van der Waals surface area contributed by atoms with Crippen molar-refractivity contribution < 1.29 is 0 Å². The monoisotopic (exact) mass is 307 g/mol. The SMILES string of the molecule is CCC(NC(C)c1ccccc1)c1ccc(Cl)c(Cl)c1. The molecule has 2 unspecified atom stereocenters. The molecule has 3 heteroatoms. The van der Waals surface area contributed by atoms with Crippen LogP contribution in [0.3, 0.4) is 0 Å². The van der Waals surface area contributed by atoms with Crippen LogP contribution in [0.25, 0.3) is 0 Å². The first-order chi connectivity index (χ1) is 9.61. The third kappa shape index (κ3) is 3.76. The summed E-state index contributed by atoms with van der Waals surface area (Å²) < 4.78 is 0. The Morgan fingerprint density at radius 1 is 0.950 bits per heavy atom. The molecular weight excluding hydrogens is 289 g/mol. The van der Waals surface area contributed by atoms with E-state index in [1.807, 2.05) is 24.3 Å². The first kappa shape index (κ1) is 15.4. The van der Waals surface area contributed by atoms with E-state index in [0.717, 1.165) is 6.42 Å². The van der Waals surface area contributed by atoms with Gasteiger partial charge >= 0.3 is 0 Å². The van der Waals surface area contributed by atoms with Gasteiger partial charge in [-0.2, -0.15) is 0 Å². The van der Waals surface area contributed by atoms with Crippen molar-refractivity contribution in [2.45, 2.75) is 32.4 Å². The molecule has 0 radical (unpaired) electrons. The minimum Gasteiger partial charge on any atom is -0.303 e. The van der Waals surface area contributed by atoms with Gasteiger partial charge in [-0.25, -0.2) is 0 Å². The van der Waals surface area contributed by atoms with Crippen molar-refractivity contribution in [3.05, 3.63) is 69.7 Å². The molecule has 0 saturated carbocycles. The Hall–Kier alpha value is -1.02. The van der Waals surface area contributed by atoms with Gasteiger partial charge in [0.15, 0.2) is 0 Å². The predicted octanol–water partition coefficient (Wildman–Crippen LogP) is 5.80. The molecule has 0 saturated heterocycles. The van der Waals surface area contributed by atoms with Crippen molar-refractivity contribution in [2.75, 3.05) is 0 Å². The lowest BCUT2D eigenvalue weighted by Crippen LogP contribution is -2.24. The topological polar surface area (TPSA) is 12.0 Å². The fourth-order valence-corrected chi connectivity index (χ4v) is 2.63. The Kier molecular flexibility index (Phi) is 5.47. The highest BCUT2D eigenvalue weighted by Crippen LogP contribution is 2.28. The molecule has 0 aliphatic rings. The fraction of sp³-hybridized carbons (Fsp3) is 0.294. The minimum absolute atomic E-state index is 0.264. The molecule has 0 heterocycles. The van der Waals surface area contributed by atoms with Gasteiger partial charge < -0.3 is 5.32 Å². The zero-order valence-corrected chi connectivity index (χ0v) is 13.2. The molecule has 0 amide bonds. The lowest BCUT2D eigenvalue weighted by molar-refractivity contribution is 0.456. The van der Waals surface area contributed by atoms with Crippen molar-refractivity contribution in [1.82, 2.24) is 5.32 Å². The molecule has 2 rings (SSSR count). The van der Waals surface area contributed by atoms with E-state index in [1.54, 1.807) is 0 Å². The molecule has 106 valence electrons. The van der Waals surface area contributed by atoms with Gasteiger partial charge in [0.25, 0.3) is 0 Å². The fourth-order valence-electron chi connectivity index (χ4n) is 2.32. The summed E-state index contributed by atoms with van der Waals surface area (Å²) in [6, 6.07) is 16.8. The van der Waals surface area contributed by atoms with Crippen LogP contribution in [0.1, 0.15) is 43.5 Å². The normalized spacial score (nSPS) is 14.0. The number of rotatable bonds is 5. The van der Waals surface area contributed by atoms with Gasteiger partial charge in [0.1, 0.15) is 0 Å². The quantitative estimate of drug-likeness (QED) is 0.736. The van der Waals surface area contributed by atoms with E-state index in [-0.39, 0.29) is 12.1 Å². The second kappa shape index (κ2) is 7.12. The van der Waals surface area contributed by atoms with Crippen molar-refractivity contribution >= 4 is 23.2 Å². The lowest BCUT2D eigenvalue weighted by Gasteiger charge is -2.23. The van der Waals surface area contributed by atoms with E-state index in [4.69, 9.17) is 23.2 Å². The summed E-state index contributed by atoms with van der Waals surface area (Å²) in [4.78, 5) is 0. The Bertz CT molecular complexity index is 554. The maximum absolute atomic E-state index is 6.11. The second-order valence-corrected chi connectivity index (χ2v) is 5.75. The molecule has 0 fully saturated rings. The molecule has 1 N–H and O–H groups in total. The lowest BCUT2D eigenvalue weighted by atomic mass is 10.0. The van der Waals surface area contributed by atoms with Crippen molar-refractivity contribution in [1.29, 1.82) is 0 Å². The van der Waals surface area contributed by atoms with Crippen LogP contribution in [-0.2, 0) is 0 Å². The van der Waals surface area contributed by atoms with Crippen molar-refractivity contribution in [3.8, 4) is 0 Å². The maximum Gasteiger partial charge on any atom is 0.0595 e. The van der Waals surface area contributed by atoms with Crippen LogP contribution in [0.5, 0.6) is 0 Å². The number of benzene rings is 2. The van der Waals surface area contributed by atoms with Crippen LogP contribution >= 0.6 is 23.2 Å². The van der Waals surface area contributed by atoms with Gasteiger partial charge in [-0.05, 0) is 36.6 Å². The minimum atomic E-state index is 0.264. The van der Waals surface area contributed by atoms with Crippen molar-refractivity contribution in [2.24, 2.45) is 0 Å².